The zero-order valence-electron chi connectivity index (χ0n) is 14.2. The molecule has 8 nitrogen and oxygen atoms in total. The highest BCUT2D eigenvalue weighted by Crippen LogP contribution is 2.15. The summed E-state index contributed by atoms with van der Waals surface area (Å²) in [6.45, 7) is 0.197. The normalized spacial score (nSPS) is 10.6. The van der Waals surface area contributed by atoms with E-state index in [1.165, 1.54) is 59.6 Å². The molecule has 0 saturated heterocycles. The van der Waals surface area contributed by atoms with Crippen molar-refractivity contribution in [3.63, 3.8) is 0 Å². The average Bonchev–Trinajstić information content (AvgIpc) is 2.66. The monoisotopic (exact) mass is 369 g/mol. The number of aromatic nitrogens is 4. The number of carbonyl (C=O) groups is 1. The lowest BCUT2D eigenvalue weighted by atomic mass is 10.1. The van der Waals surface area contributed by atoms with Crippen molar-refractivity contribution in [2.75, 3.05) is 6.54 Å². The van der Waals surface area contributed by atoms with Gasteiger partial charge in [-0.3, -0.25) is 19.0 Å². The molecule has 0 saturated carbocycles. The van der Waals surface area contributed by atoms with Gasteiger partial charge >= 0.3 is 0 Å². The van der Waals surface area contributed by atoms with Gasteiger partial charge in [0.1, 0.15) is 12.4 Å². The summed E-state index contributed by atoms with van der Waals surface area (Å²) < 4.78 is 15.4. The number of hydrogen-bond donors (Lipinski definition) is 1. The number of benzene rings is 1. The topological polar surface area (TPSA) is 98.9 Å². The first-order chi connectivity index (χ1) is 13.0. The van der Waals surface area contributed by atoms with Crippen molar-refractivity contribution in [1.82, 2.24) is 24.6 Å². The maximum absolute atomic E-state index is 13.0. The number of nitrogens with zero attached hydrogens (tertiary/aromatic N) is 4. The number of carbonyl (C=O) groups excluding carboxylic acids is 1. The summed E-state index contributed by atoms with van der Waals surface area (Å²) in [5, 5.41) is 6.77. The van der Waals surface area contributed by atoms with Gasteiger partial charge in [-0.25, -0.2) is 14.1 Å². The van der Waals surface area contributed by atoms with Crippen LogP contribution in [0.5, 0.6) is 0 Å². The standard InChI is InChI=1S/C18H16FN5O3/c19-14-3-1-13(2-4-14)15-5-6-18(27)24(22-15)11-16(25)21-9-10-23-12-20-8-7-17(23)26/h1-8,12H,9-11H2,(H,21,25). The molecule has 2 heterocycles. The van der Waals surface area contributed by atoms with E-state index >= 15 is 0 Å². The molecular formula is C18H16FN5O3. The molecule has 0 atom stereocenters. The summed E-state index contributed by atoms with van der Waals surface area (Å²) in [5.74, 6) is -0.794. The number of rotatable bonds is 6. The zero-order chi connectivity index (χ0) is 19.2. The highest BCUT2D eigenvalue weighted by molar-refractivity contribution is 5.75. The van der Waals surface area contributed by atoms with E-state index in [1.54, 1.807) is 0 Å². The van der Waals surface area contributed by atoms with Crippen LogP contribution in [0.1, 0.15) is 0 Å². The first-order valence-electron chi connectivity index (χ1n) is 8.14. The van der Waals surface area contributed by atoms with Gasteiger partial charge in [-0.15, -0.1) is 0 Å². The maximum Gasteiger partial charge on any atom is 0.267 e. The molecule has 0 unspecified atom stereocenters. The van der Waals surface area contributed by atoms with Gasteiger partial charge in [0.15, 0.2) is 0 Å². The Morgan fingerprint density at radius 2 is 1.81 bits per heavy atom. The van der Waals surface area contributed by atoms with Gasteiger partial charge in [-0.2, -0.15) is 5.10 Å². The molecule has 0 aliphatic heterocycles. The van der Waals surface area contributed by atoms with Crippen LogP contribution in [0.15, 0.2) is 64.6 Å². The van der Waals surface area contributed by atoms with Gasteiger partial charge in [-0.05, 0) is 30.3 Å². The molecule has 0 aliphatic carbocycles. The van der Waals surface area contributed by atoms with Gasteiger partial charge < -0.3 is 5.32 Å². The van der Waals surface area contributed by atoms with E-state index in [0.717, 1.165) is 4.68 Å². The largest absolute Gasteiger partial charge is 0.353 e. The first kappa shape index (κ1) is 18.2. The molecule has 27 heavy (non-hydrogen) atoms. The molecule has 1 amide bonds. The molecule has 1 aromatic carbocycles. The van der Waals surface area contributed by atoms with Crippen LogP contribution in [-0.2, 0) is 17.9 Å². The van der Waals surface area contributed by atoms with E-state index in [2.05, 4.69) is 15.4 Å². The van der Waals surface area contributed by atoms with Crippen molar-refractivity contribution in [1.29, 1.82) is 0 Å². The number of nitrogens with one attached hydrogen (secondary N) is 1. The van der Waals surface area contributed by atoms with Crippen LogP contribution in [0.4, 0.5) is 4.39 Å². The second-order valence-corrected chi connectivity index (χ2v) is 5.68. The van der Waals surface area contributed by atoms with E-state index in [9.17, 15) is 18.8 Å². The van der Waals surface area contributed by atoms with Crippen molar-refractivity contribution in [2.45, 2.75) is 13.1 Å². The number of halogens is 1. The summed E-state index contributed by atoms with van der Waals surface area (Å²) in [5.41, 5.74) is 0.425. The van der Waals surface area contributed by atoms with Crippen molar-refractivity contribution in [3.8, 4) is 11.3 Å². The number of amides is 1. The molecular weight excluding hydrogens is 353 g/mol. The fourth-order valence-corrected chi connectivity index (χ4v) is 2.39. The molecule has 3 rings (SSSR count). The lowest BCUT2D eigenvalue weighted by Gasteiger charge is -2.09. The lowest BCUT2D eigenvalue weighted by Crippen LogP contribution is -2.36. The third kappa shape index (κ3) is 4.72. The molecule has 0 bridgehead atoms. The zero-order valence-corrected chi connectivity index (χ0v) is 14.2. The highest BCUT2D eigenvalue weighted by atomic mass is 19.1. The minimum Gasteiger partial charge on any atom is -0.353 e. The summed E-state index contributed by atoms with van der Waals surface area (Å²) in [7, 11) is 0. The van der Waals surface area contributed by atoms with Crippen molar-refractivity contribution >= 4 is 5.91 Å². The molecule has 0 spiro atoms. The van der Waals surface area contributed by atoms with Crippen molar-refractivity contribution in [3.05, 3.63) is 81.5 Å². The summed E-state index contributed by atoms with van der Waals surface area (Å²) >= 11 is 0. The second kappa shape index (κ2) is 8.17. The summed E-state index contributed by atoms with van der Waals surface area (Å²) in [4.78, 5) is 39.4. The van der Waals surface area contributed by atoms with Crippen LogP contribution >= 0.6 is 0 Å². The first-order valence-corrected chi connectivity index (χ1v) is 8.14. The van der Waals surface area contributed by atoms with Crippen LogP contribution in [0, 0.1) is 5.82 Å². The predicted molar refractivity (Wildman–Crippen MR) is 95.4 cm³/mol. The third-order valence-corrected chi connectivity index (χ3v) is 3.77. The van der Waals surface area contributed by atoms with E-state index in [1.807, 2.05) is 0 Å². The summed E-state index contributed by atoms with van der Waals surface area (Å²) in [6, 6.07) is 9.80. The van der Waals surface area contributed by atoms with Gasteiger partial charge in [0.05, 0.1) is 12.0 Å². The Morgan fingerprint density at radius 3 is 2.56 bits per heavy atom. The minimum atomic E-state index is -0.431. The van der Waals surface area contributed by atoms with Crippen molar-refractivity contribution < 1.29 is 9.18 Å². The Kier molecular flexibility index (Phi) is 5.50. The maximum atomic E-state index is 13.0. The number of hydrogen-bond acceptors (Lipinski definition) is 5. The smallest absolute Gasteiger partial charge is 0.267 e. The Bertz CT molecular complexity index is 1060. The van der Waals surface area contributed by atoms with Crippen LogP contribution in [0.3, 0.4) is 0 Å². The van der Waals surface area contributed by atoms with Crippen LogP contribution < -0.4 is 16.4 Å². The molecule has 0 radical (unpaired) electrons. The average molecular weight is 369 g/mol. The Morgan fingerprint density at radius 1 is 1.04 bits per heavy atom. The Balaban J connectivity index is 1.64. The van der Waals surface area contributed by atoms with Gasteiger partial charge in [0.25, 0.3) is 11.1 Å². The van der Waals surface area contributed by atoms with Crippen LogP contribution in [0.2, 0.25) is 0 Å². The predicted octanol–water partition coefficient (Wildman–Crippen LogP) is 0.422. The third-order valence-electron chi connectivity index (χ3n) is 3.77. The fourth-order valence-electron chi connectivity index (χ4n) is 2.39. The SMILES string of the molecule is O=C(Cn1nc(-c2ccc(F)cc2)ccc1=O)NCCn1cnccc1=O. The van der Waals surface area contributed by atoms with Crippen LogP contribution in [0.25, 0.3) is 11.3 Å². The van der Waals surface area contributed by atoms with Gasteiger partial charge in [0, 0.05) is 37.0 Å². The Labute approximate surface area is 152 Å². The lowest BCUT2D eigenvalue weighted by molar-refractivity contribution is -0.121. The van der Waals surface area contributed by atoms with Crippen molar-refractivity contribution in [2.24, 2.45) is 0 Å². The van der Waals surface area contributed by atoms with E-state index < -0.39 is 11.5 Å². The second-order valence-electron chi connectivity index (χ2n) is 5.68. The van der Waals surface area contributed by atoms with Gasteiger partial charge in [-0.1, -0.05) is 0 Å². The van der Waals surface area contributed by atoms with E-state index in [4.69, 9.17) is 0 Å². The quantitative estimate of drug-likeness (QED) is 0.679. The molecule has 1 N–H and O–H groups in total. The van der Waals surface area contributed by atoms with E-state index in [-0.39, 0.29) is 31.0 Å². The molecule has 0 aliphatic rings. The molecule has 9 heteroatoms. The van der Waals surface area contributed by atoms with Gasteiger partial charge in [0.2, 0.25) is 5.91 Å². The fraction of sp³-hybridized carbons (Fsp3) is 0.167. The molecule has 138 valence electrons. The highest BCUT2D eigenvalue weighted by Gasteiger charge is 2.08. The molecule has 3 aromatic rings. The van der Waals surface area contributed by atoms with E-state index in [0.29, 0.717) is 11.3 Å². The van der Waals surface area contributed by atoms with Crippen LogP contribution in [-0.4, -0.2) is 31.8 Å². The minimum absolute atomic E-state index is 0.205. The summed E-state index contributed by atoms with van der Waals surface area (Å²) in [6.07, 6.45) is 2.77. The molecule has 2 aromatic heterocycles. The molecule has 0 fully saturated rings. The Hall–Kier alpha value is -3.62.